The van der Waals surface area contributed by atoms with E-state index in [1.165, 1.54) is 0 Å². The van der Waals surface area contributed by atoms with E-state index in [-0.39, 0.29) is 30.2 Å². The Hall–Kier alpha value is -2.78. The number of hydrogen-bond acceptors (Lipinski definition) is 6. The van der Waals surface area contributed by atoms with Gasteiger partial charge in [-0.2, -0.15) is 0 Å². The number of ether oxygens (including phenoxy) is 1. The lowest BCUT2D eigenvalue weighted by Gasteiger charge is -2.42. The number of nitrogens with one attached hydrogen (secondary N) is 2. The highest BCUT2D eigenvalue weighted by molar-refractivity contribution is 6.35. The first-order chi connectivity index (χ1) is 16.4. The largest absolute Gasteiger partial charge is 0.465 e. The molecule has 0 unspecified atom stereocenters. The van der Waals surface area contributed by atoms with Gasteiger partial charge in [-0.05, 0) is 31.9 Å². The van der Waals surface area contributed by atoms with Crippen molar-refractivity contribution >= 4 is 46.2 Å². The Labute approximate surface area is 202 Å². The SMILES string of the molecule is CCOC(=O)CN1CCN(C(=O)c2cc3cc(Cl)c4c(c3o2)C2(CCCCC2)NC(=O)N4)CC1. The van der Waals surface area contributed by atoms with Crippen molar-refractivity contribution in [1.82, 2.24) is 15.1 Å². The number of piperazine rings is 1. The fourth-order valence-electron chi connectivity index (χ4n) is 5.44. The summed E-state index contributed by atoms with van der Waals surface area (Å²) in [4.78, 5) is 41.2. The number of amides is 3. The van der Waals surface area contributed by atoms with Crippen LogP contribution in [-0.2, 0) is 15.1 Å². The van der Waals surface area contributed by atoms with E-state index in [4.69, 9.17) is 20.8 Å². The third kappa shape index (κ3) is 4.11. The monoisotopic (exact) mass is 488 g/mol. The van der Waals surface area contributed by atoms with Gasteiger partial charge in [-0.1, -0.05) is 30.9 Å². The van der Waals surface area contributed by atoms with E-state index in [0.717, 1.165) is 43.1 Å². The fourth-order valence-corrected chi connectivity index (χ4v) is 5.70. The lowest BCUT2D eigenvalue weighted by molar-refractivity contribution is -0.144. The lowest BCUT2D eigenvalue weighted by atomic mass is 9.74. The zero-order chi connectivity index (χ0) is 23.9. The number of benzene rings is 1. The number of carbonyl (C=O) groups is 3. The van der Waals surface area contributed by atoms with Crippen LogP contribution in [-0.4, -0.2) is 67.0 Å². The molecule has 3 amide bonds. The van der Waals surface area contributed by atoms with Gasteiger partial charge in [0.1, 0.15) is 5.58 Å². The molecule has 1 aromatic heterocycles. The van der Waals surface area contributed by atoms with Crippen LogP contribution >= 0.6 is 11.6 Å². The van der Waals surface area contributed by atoms with E-state index < -0.39 is 5.54 Å². The van der Waals surface area contributed by atoms with Crippen molar-refractivity contribution in [2.75, 3.05) is 44.6 Å². The molecule has 1 saturated carbocycles. The third-order valence-electron chi connectivity index (χ3n) is 7.06. The zero-order valence-electron chi connectivity index (χ0n) is 19.2. The van der Waals surface area contributed by atoms with Gasteiger partial charge in [-0.15, -0.1) is 0 Å². The van der Waals surface area contributed by atoms with E-state index in [0.29, 0.717) is 49.1 Å². The summed E-state index contributed by atoms with van der Waals surface area (Å²) in [5.74, 6) is -0.193. The summed E-state index contributed by atoms with van der Waals surface area (Å²) in [5.41, 5.74) is 1.46. The van der Waals surface area contributed by atoms with Crippen LogP contribution in [0.5, 0.6) is 0 Å². The van der Waals surface area contributed by atoms with Crippen molar-refractivity contribution < 1.29 is 23.5 Å². The van der Waals surface area contributed by atoms with Gasteiger partial charge < -0.3 is 24.7 Å². The Morgan fingerprint density at radius 2 is 1.88 bits per heavy atom. The first-order valence-electron chi connectivity index (χ1n) is 11.9. The number of fused-ring (bicyclic) bond motifs is 4. The number of nitrogens with zero attached hydrogens (tertiary/aromatic N) is 2. The van der Waals surface area contributed by atoms with Crippen molar-refractivity contribution in [3.63, 3.8) is 0 Å². The Morgan fingerprint density at radius 3 is 2.59 bits per heavy atom. The second-order valence-corrected chi connectivity index (χ2v) is 9.64. The minimum Gasteiger partial charge on any atom is -0.465 e. The van der Waals surface area contributed by atoms with Gasteiger partial charge in [0.15, 0.2) is 5.76 Å². The maximum Gasteiger partial charge on any atom is 0.320 e. The minimum absolute atomic E-state index is 0.192. The van der Waals surface area contributed by atoms with Gasteiger partial charge >= 0.3 is 12.0 Å². The topological polar surface area (TPSA) is 104 Å². The maximum atomic E-state index is 13.3. The van der Waals surface area contributed by atoms with E-state index in [2.05, 4.69) is 10.6 Å². The molecule has 1 saturated heterocycles. The van der Waals surface area contributed by atoms with E-state index in [1.54, 1.807) is 24.0 Å². The number of esters is 1. The van der Waals surface area contributed by atoms with Gasteiger partial charge in [0.25, 0.3) is 5.91 Å². The molecule has 9 nitrogen and oxygen atoms in total. The molecule has 182 valence electrons. The molecule has 2 N–H and O–H groups in total. The summed E-state index contributed by atoms with van der Waals surface area (Å²) in [6.07, 6.45) is 4.71. The first kappa shape index (κ1) is 23.0. The number of furan rings is 1. The third-order valence-corrected chi connectivity index (χ3v) is 7.36. The van der Waals surface area contributed by atoms with Gasteiger partial charge in [-0.25, -0.2) is 4.79 Å². The first-order valence-corrected chi connectivity index (χ1v) is 12.3. The molecule has 1 spiro atoms. The molecule has 0 bridgehead atoms. The molecule has 5 rings (SSSR count). The molecule has 2 fully saturated rings. The van der Waals surface area contributed by atoms with Crippen LogP contribution in [0.15, 0.2) is 16.5 Å². The van der Waals surface area contributed by atoms with Crippen molar-refractivity contribution in [1.29, 1.82) is 0 Å². The average Bonchev–Trinajstić information content (AvgIpc) is 3.23. The van der Waals surface area contributed by atoms with Crippen molar-refractivity contribution in [2.45, 2.75) is 44.6 Å². The van der Waals surface area contributed by atoms with Crippen LogP contribution < -0.4 is 10.6 Å². The Bertz CT molecular complexity index is 1130. The molecular formula is C24H29ClN4O5. The summed E-state index contributed by atoms with van der Waals surface area (Å²) in [7, 11) is 0. The average molecular weight is 489 g/mol. The summed E-state index contributed by atoms with van der Waals surface area (Å²) in [5, 5.41) is 7.16. The summed E-state index contributed by atoms with van der Waals surface area (Å²) in [6, 6.07) is 3.22. The molecule has 1 aliphatic carbocycles. The molecule has 1 aromatic carbocycles. The summed E-state index contributed by atoms with van der Waals surface area (Å²) >= 11 is 6.58. The van der Waals surface area contributed by atoms with Gasteiger partial charge in [0.05, 0.1) is 29.4 Å². The highest BCUT2D eigenvalue weighted by Gasteiger charge is 2.44. The van der Waals surface area contributed by atoms with Gasteiger partial charge in [0, 0.05) is 37.1 Å². The molecule has 3 heterocycles. The minimum atomic E-state index is -0.546. The van der Waals surface area contributed by atoms with Crippen molar-refractivity contribution in [3.8, 4) is 0 Å². The Balaban J connectivity index is 1.41. The van der Waals surface area contributed by atoms with Crippen LogP contribution in [0, 0.1) is 0 Å². The second-order valence-electron chi connectivity index (χ2n) is 9.23. The van der Waals surface area contributed by atoms with Crippen molar-refractivity contribution in [3.05, 3.63) is 28.5 Å². The van der Waals surface area contributed by atoms with Crippen LogP contribution in [0.2, 0.25) is 5.02 Å². The van der Waals surface area contributed by atoms with E-state index >= 15 is 0 Å². The molecule has 0 radical (unpaired) electrons. The normalized spacial score (nSPS) is 20.1. The molecule has 3 aliphatic rings. The Kier molecular flexibility index (Phi) is 6.16. The smallest absolute Gasteiger partial charge is 0.320 e. The lowest BCUT2D eigenvalue weighted by Crippen LogP contribution is -2.52. The highest BCUT2D eigenvalue weighted by atomic mass is 35.5. The number of halogens is 1. The quantitative estimate of drug-likeness (QED) is 0.636. The predicted octanol–water partition coefficient (Wildman–Crippen LogP) is 3.70. The molecule has 2 aliphatic heterocycles. The molecule has 10 heteroatoms. The van der Waals surface area contributed by atoms with E-state index in [1.807, 2.05) is 4.90 Å². The molecule has 0 atom stereocenters. The van der Waals surface area contributed by atoms with Crippen LogP contribution in [0.3, 0.4) is 0 Å². The zero-order valence-corrected chi connectivity index (χ0v) is 20.0. The number of anilines is 1. The van der Waals surface area contributed by atoms with Crippen molar-refractivity contribution in [2.24, 2.45) is 0 Å². The van der Waals surface area contributed by atoms with Crippen LogP contribution in [0.25, 0.3) is 11.0 Å². The van der Waals surface area contributed by atoms with Gasteiger partial charge in [-0.3, -0.25) is 14.5 Å². The van der Waals surface area contributed by atoms with Crippen LogP contribution in [0.4, 0.5) is 10.5 Å². The van der Waals surface area contributed by atoms with E-state index in [9.17, 15) is 14.4 Å². The molecular weight excluding hydrogens is 460 g/mol. The number of urea groups is 1. The highest BCUT2D eigenvalue weighted by Crippen LogP contribution is 2.49. The molecule has 2 aromatic rings. The standard InChI is InChI=1S/C24H29ClN4O5/c1-2-33-18(30)14-28-8-10-29(11-9-28)22(31)17-13-15-12-16(25)20-19(21(15)34-17)24(27-23(32)26-20)6-4-3-5-7-24/h12-13H,2-11,14H2,1H3,(H2,26,27,32). The van der Waals surface area contributed by atoms with Crippen LogP contribution in [0.1, 0.15) is 55.1 Å². The fraction of sp³-hybridized carbons (Fsp3) is 0.542. The maximum absolute atomic E-state index is 13.3. The number of carbonyl (C=O) groups excluding carboxylic acids is 3. The second kappa shape index (κ2) is 9.11. The number of rotatable bonds is 4. The molecule has 34 heavy (non-hydrogen) atoms. The number of hydrogen-bond donors (Lipinski definition) is 2. The Morgan fingerprint density at radius 1 is 1.15 bits per heavy atom. The predicted molar refractivity (Wildman–Crippen MR) is 127 cm³/mol. The van der Waals surface area contributed by atoms with Gasteiger partial charge in [0.2, 0.25) is 0 Å². The summed E-state index contributed by atoms with van der Waals surface area (Å²) < 4.78 is 11.2. The summed E-state index contributed by atoms with van der Waals surface area (Å²) in [6.45, 7) is 4.54.